The molecule has 588 valence electrons. The molecule has 0 aliphatic rings. The SMILES string of the molecule is CCCCCCCCCCCCCCCCCC(=O)O[C@H](COC(=O)CCCCCCCCCC(C)C)COP(=O)(O)OC[C@H](O)COP(=O)(O)OC[C@@H](COC(=O)CCCCCCCCCCCCCCCCC(C)C)OC(=O)CCCCCCCCCCCCCCCCC(C)C. The van der Waals surface area contributed by atoms with E-state index in [1.165, 1.54) is 218 Å². The summed E-state index contributed by atoms with van der Waals surface area (Å²) >= 11 is 0. The van der Waals surface area contributed by atoms with Gasteiger partial charge in [-0.2, -0.15) is 0 Å². The zero-order chi connectivity index (χ0) is 73.0. The van der Waals surface area contributed by atoms with Gasteiger partial charge >= 0.3 is 39.5 Å². The Morgan fingerprint density at radius 1 is 0.273 bits per heavy atom. The second-order valence-corrected chi connectivity index (χ2v) is 33.1. The molecule has 0 radical (unpaired) electrons. The Bertz CT molecular complexity index is 1920. The van der Waals surface area contributed by atoms with Gasteiger partial charge in [-0.1, -0.05) is 363 Å². The van der Waals surface area contributed by atoms with Crippen LogP contribution in [0.2, 0.25) is 0 Å². The number of hydrogen-bond donors (Lipinski definition) is 3. The quantitative estimate of drug-likeness (QED) is 0.0222. The molecule has 0 bridgehead atoms. The summed E-state index contributed by atoms with van der Waals surface area (Å²) in [4.78, 5) is 73.0. The summed E-state index contributed by atoms with van der Waals surface area (Å²) in [6.45, 7) is 11.9. The molecule has 5 atom stereocenters. The van der Waals surface area contributed by atoms with Gasteiger partial charge in [0.1, 0.15) is 19.3 Å². The fourth-order valence-electron chi connectivity index (χ4n) is 12.3. The summed E-state index contributed by atoms with van der Waals surface area (Å²) in [7, 11) is -9.92. The molecule has 0 aromatic rings. The van der Waals surface area contributed by atoms with E-state index < -0.39 is 97.5 Å². The van der Waals surface area contributed by atoms with E-state index in [-0.39, 0.29) is 25.7 Å². The van der Waals surface area contributed by atoms with Crippen LogP contribution in [0.25, 0.3) is 0 Å². The number of esters is 4. The minimum absolute atomic E-state index is 0.107. The second-order valence-electron chi connectivity index (χ2n) is 30.2. The number of aliphatic hydroxyl groups is 1. The largest absolute Gasteiger partial charge is 0.472 e. The topological polar surface area (TPSA) is 237 Å². The van der Waals surface area contributed by atoms with Gasteiger partial charge in [0.15, 0.2) is 12.2 Å². The molecule has 2 unspecified atom stereocenters. The zero-order valence-electron chi connectivity index (χ0n) is 65.0. The lowest BCUT2D eigenvalue weighted by Crippen LogP contribution is -2.30. The molecule has 0 spiro atoms. The highest BCUT2D eigenvalue weighted by Crippen LogP contribution is 2.45. The summed E-state index contributed by atoms with van der Waals surface area (Å²) in [5.74, 6) is 0.188. The highest BCUT2D eigenvalue weighted by molar-refractivity contribution is 7.47. The minimum atomic E-state index is -4.96. The molecule has 99 heavy (non-hydrogen) atoms. The van der Waals surface area contributed by atoms with E-state index in [4.69, 9.17) is 37.0 Å². The van der Waals surface area contributed by atoms with Gasteiger partial charge in [-0.3, -0.25) is 37.3 Å². The standard InChI is InChI=1S/C80H156O17P2/c1-8-9-10-11-12-13-14-15-16-24-29-34-41-49-56-63-80(85)97-76(68-91-78(83)62-55-48-43-36-39-46-53-60-73(6)7)70-95-99(88,89)93-66-74(81)65-92-98(86,87)94-69-75(96-79(84)64-57-50-42-35-30-25-20-18-22-27-32-38-45-52-59-72(4)5)67-90-77(82)61-54-47-40-33-28-23-19-17-21-26-31-37-44-51-58-71(2)3/h71-76,81H,8-70H2,1-7H3,(H,86,87)(H,88,89)/t74-,75-,76-/m1/s1. The molecule has 0 fully saturated rings. The van der Waals surface area contributed by atoms with E-state index in [9.17, 15) is 43.2 Å². The smallest absolute Gasteiger partial charge is 0.462 e. The number of aliphatic hydroxyl groups excluding tert-OH is 1. The van der Waals surface area contributed by atoms with Gasteiger partial charge in [0.05, 0.1) is 26.4 Å². The molecule has 0 amide bonds. The van der Waals surface area contributed by atoms with Crippen molar-refractivity contribution < 1.29 is 80.2 Å². The number of ether oxygens (including phenoxy) is 4. The normalized spacial score (nSPS) is 14.0. The molecule has 0 saturated carbocycles. The van der Waals surface area contributed by atoms with Crippen LogP contribution in [0.15, 0.2) is 0 Å². The first-order valence-electron chi connectivity index (χ1n) is 41.3. The third-order valence-corrected chi connectivity index (χ3v) is 20.5. The Balaban J connectivity index is 5.25. The number of phosphoric acid groups is 2. The Kier molecular flexibility index (Phi) is 69.0. The van der Waals surface area contributed by atoms with Crippen LogP contribution in [-0.2, 0) is 65.4 Å². The van der Waals surface area contributed by atoms with Gasteiger partial charge in [-0.15, -0.1) is 0 Å². The third kappa shape index (κ3) is 74.1. The summed E-state index contributed by atoms with van der Waals surface area (Å²) in [6.07, 6.45) is 58.3. The fourth-order valence-corrected chi connectivity index (χ4v) is 13.9. The average molecular weight is 1450 g/mol. The van der Waals surface area contributed by atoms with E-state index >= 15 is 0 Å². The third-order valence-electron chi connectivity index (χ3n) is 18.6. The van der Waals surface area contributed by atoms with Gasteiger partial charge in [0.2, 0.25) is 0 Å². The lowest BCUT2D eigenvalue weighted by molar-refractivity contribution is -0.161. The molecular weight excluding hydrogens is 1290 g/mol. The molecule has 0 aromatic carbocycles. The van der Waals surface area contributed by atoms with Crippen LogP contribution in [0.3, 0.4) is 0 Å². The summed E-state index contributed by atoms with van der Waals surface area (Å²) in [5.41, 5.74) is 0. The molecule has 0 rings (SSSR count). The zero-order valence-corrected chi connectivity index (χ0v) is 66.8. The Morgan fingerprint density at radius 2 is 0.465 bits per heavy atom. The number of carbonyl (C=O) groups excluding carboxylic acids is 4. The van der Waals surface area contributed by atoms with E-state index in [0.29, 0.717) is 31.6 Å². The molecule has 0 aliphatic heterocycles. The summed E-state index contributed by atoms with van der Waals surface area (Å²) in [6, 6.07) is 0. The van der Waals surface area contributed by atoms with E-state index in [0.717, 1.165) is 108 Å². The van der Waals surface area contributed by atoms with Crippen molar-refractivity contribution in [3.05, 3.63) is 0 Å². The van der Waals surface area contributed by atoms with Crippen molar-refractivity contribution in [3.8, 4) is 0 Å². The molecule has 17 nitrogen and oxygen atoms in total. The lowest BCUT2D eigenvalue weighted by Gasteiger charge is -2.21. The van der Waals surface area contributed by atoms with Gasteiger partial charge in [0, 0.05) is 25.7 Å². The van der Waals surface area contributed by atoms with Crippen LogP contribution in [0, 0.1) is 17.8 Å². The molecule has 19 heteroatoms. The first-order chi connectivity index (χ1) is 47.7. The molecule has 3 N–H and O–H groups in total. The number of unbranched alkanes of at least 4 members (excludes halogenated alkanes) is 46. The highest BCUT2D eigenvalue weighted by Gasteiger charge is 2.30. The van der Waals surface area contributed by atoms with Crippen LogP contribution >= 0.6 is 15.6 Å². The lowest BCUT2D eigenvalue weighted by atomic mass is 10.0. The maximum atomic E-state index is 13.1. The number of hydrogen-bond acceptors (Lipinski definition) is 15. The van der Waals surface area contributed by atoms with Crippen molar-refractivity contribution in [2.75, 3.05) is 39.6 Å². The van der Waals surface area contributed by atoms with Crippen molar-refractivity contribution in [3.63, 3.8) is 0 Å². The highest BCUT2D eigenvalue weighted by atomic mass is 31.2. The van der Waals surface area contributed by atoms with E-state index in [1.807, 2.05) is 0 Å². The number of rotatable bonds is 78. The van der Waals surface area contributed by atoms with Crippen LogP contribution in [0.4, 0.5) is 0 Å². The molecule has 0 aliphatic carbocycles. The fraction of sp³-hybridized carbons (Fsp3) is 0.950. The predicted molar refractivity (Wildman–Crippen MR) is 405 cm³/mol. The number of phosphoric ester groups is 2. The average Bonchev–Trinajstić information content (AvgIpc) is 1.19. The predicted octanol–water partition coefficient (Wildman–Crippen LogP) is 23.7. The van der Waals surface area contributed by atoms with E-state index in [2.05, 4.69) is 48.5 Å². The molecular formula is C80H156O17P2. The summed E-state index contributed by atoms with van der Waals surface area (Å²) in [5, 5.41) is 10.6. The second kappa shape index (κ2) is 70.4. The minimum Gasteiger partial charge on any atom is -0.462 e. The van der Waals surface area contributed by atoms with Gasteiger partial charge < -0.3 is 33.8 Å². The molecule has 0 saturated heterocycles. The maximum absolute atomic E-state index is 13.1. The van der Waals surface area contributed by atoms with Crippen molar-refractivity contribution in [2.45, 2.75) is 433 Å². The van der Waals surface area contributed by atoms with Crippen molar-refractivity contribution in [2.24, 2.45) is 17.8 Å². The van der Waals surface area contributed by atoms with Crippen molar-refractivity contribution >= 4 is 39.5 Å². The van der Waals surface area contributed by atoms with Crippen molar-refractivity contribution in [1.29, 1.82) is 0 Å². The first-order valence-corrected chi connectivity index (χ1v) is 44.3. The van der Waals surface area contributed by atoms with E-state index in [1.54, 1.807) is 0 Å². The van der Waals surface area contributed by atoms with Crippen LogP contribution < -0.4 is 0 Å². The monoisotopic (exact) mass is 1450 g/mol. The number of carbonyl (C=O) groups is 4. The first kappa shape index (κ1) is 97.1. The van der Waals surface area contributed by atoms with Gasteiger partial charge in [0.25, 0.3) is 0 Å². The van der Waals surface area contributed by atoms with Crippen LogP contribution in [0.1, 0.15) is 414 Å². The summed E-state index contributed by atoms with van der Waals surface area (Å²) < 4.78 is 68.7. The molecule has 0 heterocycles. The van der Waals surface area contributed by atoms with Gasteiger partial charge in [-0.25, -0.2) is 9.13 Å². The Morgan fingerprint density at radius 3 is 0.687 bits per heavy atom. The Hall–Kier alpha value is -1.94. The molecule has 0 aromatic heterocycles. The van der Waals surface area contributed by atoms with Crippen LogP contribution in [-0.4, -0.2) is 96.7 Å². The Labute approximate surface area is 607 Å². The maximum Gasteiger partial charge on any atom is 0.472 e. The van der Waals surface area contributed by atoms with Crippen molar-refractivity contribution in [1.82, 2.24) is 0 Å². The van der Waals surface area contributed by atoms with Gasteiger partial charge in [-0.05, 0) is 43.4 Å². The van der Waals surface area contributed by atoms with Crippen LogP contribution in [0.5, 0.6) is 0 Å².